The number of carboxylic acids is 1. The van der Waals surface area contributed by atoms with Gasteiger partial charge in [0, 0.05) is 16.8 Å². The largest absolute Gasteiger partial charge is 0.480 e. The van der Waals surface area contributed by atoms with Crippen LogP contribution in [0.1, 0.15) is 33.1 Å². The monoisotopic (exact) mass is 295 g/mol. The summed E-state index contributed by atoms with van der Waals surface area (Å²) < 4.78 is 0. The Morgan fingerprint density at radius 1 is 1.40 bits per heavy atom. The van der Waals surface area contributed by atoms with E-state index in [1.807, 2.05) is 29.2 Å². The molecule has 0 radical (unpaired) electrons. The molecule has 20 heavy (non-hydrogen) atoms. The molecule has 0 spiro atoms. The molecule has 0 saturated heterocycles. The van der Waals surface area contributed by atoms with E-state index >= 15 is 0 Å². The Kier molecular flexibility index (Phi) is 4.92. The van der Waals surface area contributed by atoms with Gasteiger partial charge in [0.1, 0.15) is 6.54 Å². The van der Waals surface area contributed by atoms with Crippen LogP contribution in [0, 0.1) is 11.8 Å². The predicted octanol–water partition coefficient (Wildman–Crippen LogP) is 4.06. The molecular formula is C16H22ClNO2. The molecule has 1 fully saturated rings. The zero-order valence-corrected chi connectivity index (χ0v) is 12.8. The van der Waals surface area contributed by atoms with Gasteiger partial charge in [-0.15, -0.1) is 0 Å². The molecule has 3 atom stereocenters. The van der Waals surface area contributed by atoms with Gasteiger partial charge >= 0.3 is 5.97 Å². The molecule has 4 heteroatoms. The molecule has 0 bridgehead atoms. The van der Waals surface area contributed by atoms with Crippen molar-refractivity contribution < 1.29 is 9.90 Å². The summed E-state index contributed by atoms with van der Waals surface area (Å²) in [5.74, 6) is 0.353. The SMILES string of the molecule is CC1CCC(C)C(N(CC(=O)O)c2cccc(Cl)c2)C1. The Bertz CT molecular complexity index is 477. The molecule has 3 nitrogen and oxygen atoms in total. The number of nitrogens with zero attached hydrogens (tertiary/aromatic N) is 1. The first-order valence-corrected chi connectivity index (χ1v) is 7.59. The van der Waals surface area contributed by atoms with Crippen LogP contribution in [0.5, 0.6) is 0 Å². The molecule has 3 unspecified atom stereocenters. The normalized spacial score (nSPS) is 26.2. The molecule has 1 aromatic carbocycles. The fourth-order valence-corrected chi connectivity index (χ4v) is 3.32. The van der Waals surface area contributed by atoms with Gasteiger partial charge in [-0.3, -0.25) is 4.79 Å². The van der Waals surface area contributed by atoms with E-state index in [0.29, 0.717) is 16.9 Å². The van der Waals surface area contributed by atoms with Crippen molar-refractivity contribution in [2.75, 3.05) is 11.4 Å². The molecule has 2 rings (SSSR count). The molecule has 0 heterocycles. The summed E-state index contributed by atoms with van der Waals surface area (Å²) in [6, 6.07) is 7.77. The van der Waals surface area contributed by atoms with E-state index in [0.717, 1.165) is 18.5 Å². The van der Waals surface area contributed by atoms with E-state index in [9.17, 15) is 9.90 Å². The minimum atomic E-state index is -0.796. The zero-order chi connectivity index (χ0) is 14.7. The van der Waals surface area contributed by atoms with Gasteiger partial charge in [0.25, 0.3) is 0 Å². The number of benzene rings is 1. The molecule has 0 aliphatic heterocycles. The third-order valence-electron chi connectivity index (χ3n) is 4.26. The van der Waals surface area contributed by atoms with E-state index in [1.54, 1.807) is 0 Å². The van der Waals surface area contributed by atoms with E-state index in [1.165, 1.54) is 6.42 Å². The van der Waals surface area contributed by atoms with Crippen LogP contribution in [0.25, 0.3) is 0 Å². The number of anilines is 1. The van der Waals surface area contributed by atoms with E-state index in [2.05, 4.69) is 13.8 Å². The molecule has 110 valence electrons. The summed E-state index contributed by atoms with van der Waals surface area (Å²) in [7, 11) is 0. The minimum Gasteiger partial charge on any atom is -0.480 e. The first-order valence-electron chi connectivity index (χ1n) is 7.21. The number of hydrogen-bond donors (Lipinski definition) is 1. The molecule has 1 aliphatic carbocycles. The molecular weight excluding hydrogens is 274 g/mol. The van der Waals surface area contributed by atoms with Crippen LogP contribution in [0.2, 0.25) is 5.02 Å². The number of aliphatic carboxylic acids is 1. The fourth-order valence-electron chi connectivity index (χ4n) is 3.14. The lowest BCUT2D eigenvalue weighted by molar-refractivity contribution is -0.135. The van der Waals surface area contributed by atoms with Crippen LogP contribution in [-0.4, -0.2) is 23.7 Å². The molecule has 1 N–H and O–H groups in total. The standard InChI is InChI=1S/C16H22ClNO2/c1-11-6-7-12(2)15(8-11)18(10-16(19)20)14-5-3-4-13(17)9-14/h3-5,9,11-12,15H,6-8,10H2,1-2H3,(H,19,20). The Morgan fingerprint density at radius 3 is 2.80 bits per heavy atom. The first-order chi connectivity index (χ1) is 9.47. The van der Waals surface area contributed by atoms with Crippen molar-refractivity contribution in [2.45, 2.75) is 39.2 Å². The molecule has 1 aromatic rings. The van der Waals surface area contributed by atoms with Gasteiger partial charge in [-0.1, -0.05) is 37.9 Å². The van der Waals surface area contributed by atoms with Crippen molar-refractivity contribution in [1.29, 1.82) is 0 Å². The van der Waals surface area contributed by atoms with Crippen molar-refractivity contribution in [1.82, 2.24) is 0 Å². The summed E-state index contributed by atoms with van der Waals surface area (Å²) in [5, 5.41) is 9.87. The Balaban J connectivity index is 2.29. The lowest BCUT2D eigenvalue weighted by Gasteiger charge is -2.41. The van der Waals surface area contributed by atoms with E-state index in [4.69, 9.17) is 11.6 Å². The maximum Gasteiger partial charge on any atom is 0.323 e. The van der Waals surface area contributed by atoms with Crippen molar-refractivity contribution in [3.8, 4) is 0 Å². The molecule has 1 aliphatic rings. The van der Waals surface area contributed by atoms with Gasteiger partial charge in [-0.2, -0.15) is 0 Å². The van der Waals surface area contributed by atoms with Crippen LogP contribution in [0.15, 0.2) is 24.3 Å². The third kappa shape index (κ3) is 3.66. The quantitative estimate of drug-likeness (QED) is 0.911. The first kappa shape index (κ1) is 15.2. The predicted molar refractivity (Wildman–Crippen MR) is 82.4 cm³/mol. The number of hydrogen-bond acceptors (Lipinski definition) is 2. The summed E-state index contributed by atoms with van der Waals surface area (Å²) >= 11 is 6.06. The van der Waals surface area contributed by atoms with Crippen LogP contribution >= 0.6 is 11.6 Å². The average Bonchev–Trinajstić information content (AvgIpc) is 2.39. The highest BCUT2D eigenvalue weighted by Crippen LogP contribution is 2.34. The Hall–Kier alpha value is -1.22. The summed E-state index contributed by atoms with van der Waals surface area (Å²) in [4.78, 5) is 13.2. The van der Waals surface area contributed by atoms with Crippen molar-refractivity contribution >= 4 is 23.3 Å². The summed E-state index contributed by atoms with van der Waals surface area (Å²) in [5.41, 5.74) is 0.908. The van der Waals surface area contributed by atoms with Gasteiger partial charge in [0.05, 0.1) is 0 Å². The maximum absolute atomic E-state index is 11.2. The van der Waals surface area contributed by atoms with Crippen LogP contribution in [-0.2, 0) is 4.79 Å². The number of rotatable bonds is 4. The second-order valence-corrected chi connectivity index (χ2v) is 6.40. The molecule has 1 saturated carbocycles. The maximum atomic E-state index is 11.2. The smallest absolute Gasteiger partial charge is 0.323 e. The van der Waals surface area contributed by atoms with E-state index < -0.39 is 5.97 Å². The number of halogens is 1. The Morgan fingerprint density at radius 2 is 2.15 bits per heavy atom. The lowest BCUT2D eigenvalue weighted by atomic mass is 9.79. The van der Waals surface area contributed by atoms with Crippen LogP contribution < -0.4 is 4.90 Å². The minimum absolute atomic E-state index is 0.0298. The Labute approximate surface area is 125 Å². The van der Waals surface area contributed by atoms with Gasteiger partial charge in [-0.25, -0.2) is 0 Å². The fraction of sp³-hybridized carbons (Fsp3) is 0.562. The summed E-state index contributed by atoms with van der Waals surface area (Å²) in [6.07, 6.45) is 3.43. The average molecular weight is 296 g/mol. The van der Waals surface area contributed by atoms with Crippen molar-refractivity contribution in [2.24, 2.45) is 11.8 Å². The van der Waals surface area contributed by atoms with Crippen LogP contribution in [0.4, 0.5) is 5.69 Å². The van der Waals surface area contributed by atoms with Crippen LogP contribution in [0.3, 0.4) is 0 Å². The highest BCUT2D eigenvalue weighted by atomic mass is 35.5. The second-order valence-electron chi connectivity index (χ2n) is 5.96. The van der Waals surface area contributed by atoms with Gasteiger partial charge < -0.3 is 10.0 Å². The zero-order valence-electron chi connectivity index (χ0n) is 12.1. The number of carboxylic acid groups (broad SMARTS) is 1. The molecule has 0 amide bonds. The van der Waals surface area contributed by atoms with Gasteiger partial charge in [-0.05, 0) is 42.9 Å². The topological polar surface area (TPSA) is 40.5 Å². The number of carbonyl (C=O) groups is 1. The van der Waals surface area contributed by atoms with E-state index in [-0.39, 0.29) is 12.6 Å². The van der Waals surface area contributed by atoms with Gasteiger partial charge in [0.15, 0.2) is 0 Å². The second kappa shape index (κ2) is 6.49. The lowest BCUT2D eigenvalue weighted by Crippen LogP contribution is -2.46. The van der Waals surface area contributed by atoms with Gasteiger partial charge in [0.2, 0.25) is 0 Å². The van der Waals surface area contributed by atoms with Crippen molar-refractivity contribution in [3.05, 3.63) is 29.3 Å². The summed E-state index contributed by atoms with van der Waals surface area (Å²) in [6.45, 7) is 4.49. The highest BCUT2D eigenvalue weighted by Gasteiger charge is 2.31. The third-order valence-corrected chi connectivity index (χ3v) is 4.50. The van der Waals surface area contributed by atoms with Crippen molar-refractivity contribution in [3.63, 3.8) is 0 Å². The highest BCUT2D eigenvalue weighted by molar-refractivity contribution is 6.30. The molecule has 0 aromatic heterocycles.